The van der Waals surface area contributed by atoms with E-state index >= 15 is 0 Å². The Morgan fingerprint density at radius 1 is 1.37 bits per heavy atom. The average molecular weight is 262 g/mol. The Morgan fingerprint density at radius 2 is 2.11 bits per heavy atom. The number of ketones is 1. The van der Waals surface area contributed by atoms with Crippen molar-refractivity contribution in [2.75, 3.05) is 0 Å². The Balaban J connectivity index is 2.06. The molecule has 0 aromatic heterocycles. The first-order chi connectivity index (χ1) is 9.04. The highest BCUT2D eigenvalue weighted by Gasteiger charge is 2.43. The van der Waals surface area contributed by atoms with Gasteiger partial charge in [0.15, 0.2) is 5.78 Å². The summed E-state index contributed by atoms with van der Waals surface area (Å²) in [7, 11) is 0. The second kappa shape index (κ2) is 5.24. The molecule has 1 aromatic carbocycles. The summed E-state index contributed by atoms with van der Waals surface area (Å²) in [5.74, 6) is -1.60. The van der Waals surface area contributed by atoms with Gasteiger partial charge in [-0.05, 0) is 18.6 Å². The van der Waals surface area contributed by atoms with Crippen molar-refractivity contribution < 1.29 is 24.5 Å². The molecular weight excluding hydrogens is 248 g/mol. The normalized spacial score (nSPS) is 22.3. The molecule has 0 bridgehead atoms. The fraction of sp³-hybridized carbons (Fsp3) is 0.286. The van der Waals surface area contributed by atoms with E-state index in [1.165, 1.54) is 6.07 Å². The number of aliphatic hydroxyl groups is 1. The summed E-state index contributed by atoms with van der Waals surface area (Å²) < 4.78 is 4.90. The smallest absolute Gasteiger partial charge is 0.350 e. The highest BCUT2D eigenvalue weighted by atomic mass is 16.6. The first-order valence-corrected chi connectivity index (χ1v) is 5.91. The second-order valence-electron chi connectivity index (χ2n) is 4.34. The number of phenols is 1. The molecule has 0 spiro atoms. The van der Waals surface area contributed by atoms with Gasteiger partial charge in [0.1, 0.15) is 12.4 Å². The van der Waals surface area contributed by atoms with Gasteiger partial charge in [-0.2, -0.15) is 0 Å². The third-order valence-electron chi connectivity index (χ3n) is 2.98. The fourth-order valence-corrected chi connectivity index (χ4v) is 1.82. The maximum atomic E-state index is 11.8. The minimum Gasteiger partial charge on any atom is -0.508 e. The highest BCUT2D eigenvalue weighted by molar-refractivity contribution is 6.09. The van der Waals surface area contributed by atoms with Crippen LogP contribution < -0.4 is 0 Å². The number of aromatic hydroxyl groups is 1. The first-order valence-electron chi connectivity index (χ1n) is 5.91. The lowest BCUT2D eigenvalue weighted by molar-refractivity contribution is -0.167. The molecule has 2 N–H and O–H groups in total. The third-order valence-corrected chi connectivity index (χ3v) is 2.98. The van der Waals surface area contributed by atoms with Gasteiger partial charge in [-0.25, -0.2) is 4.79 Å². The van der Waals surface area contributed by atoms with Crippen LogP contribution in [0.5, 0.6) is 5.75 Å². The molecule has 0 unspecified atom stereocenters. The molecule has 2 rings (SSSR count). The zero-order chi connectivity index (χ0) is 13.9. The zero-order valence-corrected chi connectivity index (χ0v) is 10.2. The summed E-state index contributed by atoms with van der Waals surface area (Å²) in [6.45, 7) is -0.199. The Bertz CT molecular complexity index is 534. The van der Waals surface area contributed by atoms with Crippen LogP contribution in [0.3, 0.4) is 0 Å². The van der Waals surface area contributed by atoms with Crippen molar-refractivity contribution in [3.8, 4) is 5.75 Å². The molecule has 0 amide bonds. The van der Waals surface area contributed by atoms with Gasteiger partial charge in [-0.3, -0.25) is 4.79 Å². The van der Waals surface area contributed by atoms with E-state index in [2.05, 4.69) is 0 Å². The van der Waals surface area contributed by atoms with Gasteiger partial charge >= 0.3 is 5.97 Å². The number of benzene rings is 1. The monoisotopic (exact) mass is 262 g/mol. The van der Waals surface area contributed by atoms with E-state index in [9.17, 15) is 19.8 Å². The molecule has 5 nitrogen and oxygen atoms in total. The molecule has 1 aliphatic carbocycles. The molecule has 1 aromatic rings. The molecule has 0 heterocycles. The van der Waals surface area contributed by atoms with Crippen molar-refractivity contribution >= 4 is 11.8 Å². The van der Waals surface area contributed by atoms with Gasteiger partial charge in [-0.15, -0.1) is 0 Å². The Morgan fingerprint density at radius 3 is 2.79 bits per heavy atom. The molecule has 5 heteroatoms. The number of Topliss-reactive ketones (excluding diaryl/α,β-unsaturated/α-hetero) is 1. The molecule has 0 radical (unpaired) electrons. The van der Waals surface area contributed by atoms with E-state index in [0.717, 1.165) is 6.08 Å². The number of ether oxygens (including phenoxy) is 1. The SMILES string of the molecule is O=C1CCC=C[C@@]1(O)C(=O)OCc1ccccc1O. The van der Waals surface area contributed by atoms with Crippen molar-refractivity contribution in [3.05, 3.63) is 42.0 Å². The number of esters is 1. The summed E-state index contributed by atoms with van der Waals surface area (Å²) in [4.78, 5) is 23.4. The number of hydrogen-bond donors (Lipinski definition) is 2. The topological polar surface area (TPSA) is 83.8 Å². The van der Waals surface area contributed by atoms with E-state index < -0.39 is 17.4 Å². The van der Waals surface area contributed by atoms with Crippen LogP contribution in [-0.2, 0) is 20.9 Å². The summed E-state index contributed by atoms with van der Waals surface area (Å²) in [6, 6.07) is 6.37. The lowest BCUT2D eigenvalue weighted by Crippen LogP contribution is -2.47. The van der Waals surface area contributed by atoms with Crippen molar-refractivity contribution in [1.82, 2.24) is 0 Å². The van der Waals surface area contributed by atoms with Crippen molar-refractivity contribution in [2.24, 2.45) is 0 Å². The summed E-state index contributed by atoms with van der Waals surface area (Å²) in [6.07, 6.45) is 3.35. The van der Waals surface area contributed by atoms with Gasteiger partial charge in [0.2, 0.25) is 5.60 Å². The molecule has 1 aliphatic rings. The van der Waals surface area contributed by atoms with E-state index in [0.29, 0.717) is 12.0 Å². The van der Waals surface area contributed by atoms with Gasteiger partial charge in [0, 0.05) is 12.0 Å². The maximum absolute atomic E-state index is 11.8. The van der Waals surface area contributed by atoms with Crippen molar-refractivity contribution in [3.63, 3.8) is 0 Å². The summed E-state index contributed by atoms with van der Waals surface area (Å²) in [5.41, 5.74) is -1.78. The van der Waals surface area contributed by atoms with Gasteiger partial charge in [0.05, 0.1) is 0 Å². The van der Waals surface area contributed by atoms with Gasteiger partial charge in [-0.1, -0.05) is 24.3 Å². The van der Waals surface area contributed by atoms with Crippen LogP contribution in [0, 0.1) is 0 Å². The standard InChI is InChI=1S/C14H14O5/c15-11-6-2-1-5-10(11)9-19-13(17)14(18)8-4-3-7-12(14)16/h1-2,4-6,8,15,18H,3,7,9H2/t14-/m0/s1. The molecule has 19 heavy (non-hydrogen) atoms. The summed E-state index contributed by atoms with van der Waals surface area (Å²) >= 11 is 0. The average Bonchev–Trinajstić information content (AvgIpc) is 2.41. The number of rotatable bonds is 3. The highest BCUT2D eigenvalue weighted by Crippen LogP contribution is 2.22. The van der Waals surface area contributed by atoms with Crippen LogP contribution in [0.15, 0.2) is 36.4 Å². The van der Waals surface area contributed by atoms with Crippen LogP contribution in [0.4, 0.5) is 0 Å². The molecule has 0 aliphatic heterocycles. The molecule has 0 fully saturated rings. The van der Waals surface area contributed by atoms with Crippen LogP contribution in [0.25, 0.3) is 0 Å². The quantitative estimate of drug-likeness (QED) is 0.484. The largest absolute Gasteiger partial charge is 0.508 e. The van der Waals surface area contributed by atoms with Crippen LogP contribution in [-0.4, -0.2) is 27.6 Å². The fourth-order valence-electron chi connectivity index (χ4n) is 1.82. The Labute approximate surface area is 110 Å². The number of carbonyl (C=O) groups excluding carboxylic acids is 2. The predicted octanol–water partition coefficient (Wildman–Crippen LogP) is 1.09. The minimum absolute atomic E-state index is 0.00666. The zero-order valence-electron chi connectivity index (χ0n) is 10.2. The lowest BCUT2D eigenvalue weighted by atomic mass is 9.90. The number of hydrogen-bond acceptors (Lipinski definition) is 5. The Hall–Kier alpha value is -2.14. The number of para-hydroxylation sites is 1. The van der Waals surface area contributed by atoms with Crippen LogP contribution in [0.2, 0.25) is 0 Å². The third kappa shape index (κ3) is 2.66. The van der Waals surface area contributed by atoms with E-state index in [-0.39, 0.29) is 18.8 Å². The van der Waals surface area contributed by atoms with E-state index in [1.54, 1.807) is 24.3 Å². The second-order valence-corrected chi connectivity index (χ2v) is 4.34. The first kappa shape index (κ1) is 13.3. The number of carbonyl (C=O) groups is 2. The van der Waals surface area contributed by atoms with E-state index in [1.807, 2.05) is 0 Å². The number of phenolic OH excluding ortho intramolecular Hbond substituents is 1. The van der Waals surface area contributed by atoms with Crippen molar-refractivity contribution in [2.45, 2.75) is 25.0 Å². The van der Waals surface area contributed by atoms with Gasteiger partial charge in [0.25, 0.3) is 0 Å². The summed E-state index contributed by atoms with van der Waals surface area (Å²) in [5, 5.41) is 19.5. The lowest BCUT2D eigenvalue weighted by Gasteiger charge is -2.23. The van der Waals surface area contributed by atoms with E-state index in [4.69, 9.17) is 4.74 Å². The molecule has 0 saturated carbocycles. The van der Waals surface area contributed by atoms with Crippen LogP contribution in [0.1, 0.15) is 18.4 Å². The predicted molar refractivity (Wildman–Crippen MR) is 66.2 cm³/mol. The van der Waals surface area contributed by atoms with Gasteiger partial charge < -0.3 is 14.9 Å². The Kier molecular flexibility index (Phi) is 3.66. The molecule has 0 saturated heterocycles. The maximum Gasteiger partial charge on any atom is 0.350 e. The van der Waals surface area contributed by atoms with Crippen molar-refractivity contribution in [1.29, 1.82) is 0 Å². The number of allylic oxidation sites excluding steroid dienone is 1. The molecule has 1 atom stereocenters. The van der Waals surface area contributed by atoms with Crippen LogP contribution >= 0.6 is 0 Å². The minimum atomic E-state index is -2.19. The molecule has 100 valence electrons. The molecular formula is C14H14O5.